The number of ether oxygens (including phenoxy) is 2. The van der Waals surface area contributed by atoms with Gasteiger partial charge in [-0.25, -0.2) is 8.42 Å². The zero-order valence-corrected chi connectivity index (χ0v) is 20.4. The largest absolute Gasteiger partial charge is 0.497 e. The van der Waals surface area contributed by atoms with E-state index < -0.39 is 10.0 Å². The van der Waals surface area contributed by atoms with Gasteiger partial charge in [0.25, 0.3) is 0 Å². The fourth-order valence-electron chi connectivity index (χ4n) is 3.80. The molecule has 9 heteroatoms. The Kier molecular flexibility index (Phi) is 8.02. The lowest BCUT2D eigenvalue weighted by Gasteiger charge is -2.33. The van der Waals surface area contributed by atoms with E-state index in [9.17, 15) is 13.2 Å². The zero-order chi connectivity index (χ0) is 24.7. The van der Waals surface area contributed by atoms with Crippen molar-refractivity contribution < 1.29 is 22.7 Å². The first-order valence-electron chi connectivity index (χ1n) is 11.4. The van der Waals surface area contributed by atoms with Gasteiger partial charge < -0.3 is 14.8 Å². The summed E-state index contributed by atoms with van der Waals surface area (Å²) in [4.78, 5) is 14.7. The summed E-state index contributed by atoms with van der Waals surface area (Å²) >= 11 is 0. The minimum Gasteiger partial charge on any atom is -0.497 e. The van der Waals surface area contributed by atoms with Gasteiger partial charge in [-0.15, -0.1) is 0 Å². The molecule has 1 amide bonds. The van der Waals surface area contributed by atoms with Crippen molar-refractivity contribution in [1.29, 1.82) is 0 Å². The predicted octanol–water partition coefficient (Wildman–Crippen LogP) is 3.22. The smallest absolute Gasteiger partial charge is 0.243 e. The third-order valence-electron chi connectivity index (χ3n) is 5.78. The molecule has 1 saturated heterocycles. The van der Waals surface area contributed by atoms with Crippen LogP contribution in [0.3, 0.4) is 0 Å². The Balaban J connectivity index is 1.23. The molecule has 0 spiro atoms. The second kappa shape index (κ2) is 11.4. The monoisotopic (exact) mass is 495 g/mol. The number of sulfonamides is 1. The Morgan fingerprint density at radius 2 is 1.49 bits per heavy atom. The van der Waals surface area contributed by atoms with Crippen molar-refractivity contribution in [3.05, 3.63) is 84.4 Å². The summed E-state index contributed by atoms with van der Waals surface area (Å²) in [6, 6.07) is 23.5. The molecular formula is C26H29N3O5S. The van der Waals surface area contributed by atoms with E-state index >= 15 is 0 Å². The highest BCUT2D eigenvalue weighted by atomic mass is 32.2. The van der Waals surface area contributed by atoms with Crippen LogP contribution in [-0.2, 0) is 21.4 Å². The van der Waals surface area contributed by atoms with Crippen LogP contribution in [0, 0.1) is 0 Å². The molecule has 0 aromatic heterocycles. The van der Waals surface area contributed by atoms with Gasteiger partial charge in [-0.2, -0.15) is 4.31 Å². The lowest BCUT2D eigenvalue weighted by atomic mass is 10.2. The molecule has 0 bridgehead atoms. The van der Waals surface area contributed by atoms with Crippen molar-refractivity contribution in [1.82, 2.24) is 9.21 Å². The van der Waals surface area contributed by atoms with Crippen LogP contribution in [0.5, 0.6) is 11.5 Å². The molecule has 4 rings (SSSR count). The number of methoxy groups -OCH3 is 1. The van der Waals surface area contributed by atoms with E-state index in [0.717, 1.165) is 11.3 Å². The average molecular weight is 496 g/mol. The molecule has 0 radical (unpaired) electrons. The van der Waals surface area contributed by atoms with Crippen LogP contribution in [0.25, 0.3) is 0 Å². The lowest BCUT2D eigenvalue weighted by Crippen LogP contribution is -2.50. The average Bonchev–Trinajstić information content (AvgIpc) is 2.89. The quantitative estimate of drug-likeness (QED) is 0.491. The number of rotatable bonds is 9. The fraction of sp³-hybridized carbons (Fsp3) is 0.269. The first kappa shape index (κ1) is 24.7. The van der Waals surface area contributed by atoms with Crippen LogP contribution in [0.15, 0.2) is 83.8 Å². The van der Waals surface area contributed by atoms with E-state index in [-0.39, 0.29) is 17.3 Å². The van der Waals surface area contributed by atoms with Crippen LogP contribution in [0.4, 0.5) is 5.69 Å². The molecule has 35 heavy (non-hydrogen) atoms. The Morgan fingerprint density at radius 1 is 0.857 bits per heavy atom. The van der Waals surface area contributed by atoms with Gasteiger partial charge in [0.1, 0.15) is 18.1 Å². The summed E-state index contributed by atoms with van der Waals surface area (Å²) in [6.45, 7) is 2.30. The van der Waals surface area contributed by atoms with Gasteiger partial charge in [0.15, 0.2) is 0 Å². The number of carbonyl (C=O) groups excluding carboxylic acids is 1. The van der Waals surface area contributed by atoms with E-state index in [0.29, 0.717) is 44.2 Å². The predicted molar refractivity (Wildman–Crippen MR) is 134 cm³/mol. The summed E-state index contributed by atoms with van der Waals surface area (Å²) in [5.74, 6) is 1.18. The SMILES string of the molecule is COc1ccc(S(=O)(=O)N2CCN(CC(=O)Nc3ccc(OCc4ccccc4)cc3)CC2)cc1. The third kappa shape index (κ3) is 6.60. The number of benzene rings is 3. The maximum absolute atomic E-state index is 12.9. The molecule has 0 unspecified atom stereocenters. The van der Waals surface area contributed by atoms with Gasteiger partial charge in [-0.05, 0) is 54.1 Å². The van der Waals surface area contributed by atoms with Crippen molar-refractivity contribution in [2.75, 3.05) is 45.2 Å². The molecule has 3 aromatic carbocycles. The molecule has 3 aromatic rings. The van der Waals surface area contributed by atoms with E-state index in [1.807, 2.05) is 47.4 Å². The van der Waals surface area contributed by atoms with E-state index in [1.165, 1.54) is 11.4 Å². The summed E-state index contributed by atoms with van der Waals surface area (Å²) in [5.41, 5.74) is 1.77. The van der Waals surface area contributed by atoms with Crippen molar-refractivity contribution in [2.45, 2.75) is 11.5 Å². The van der Waals surface area contributed by atoms with Crippen molar-refractivity contribution in [3.63, 3.8) is 0 Å². The lowest BCUT2D eigenvalue weighted by molar-refractivity contribution is -0.117. The Morgan fingerprint density at radius 3 is 2.11 bits per heavy atom. The number of hydrogen-bond donors (Lipinski definition) is 1. The highest BCUT2D eigenvalue weighted by Crippen LogP contribution is 2.21. The Labute approximate surface area is 206 Å². The van der Waals surface area contributed by atoms with E-state index in [2.05, 4.69) is 5.32 Å². The van der Waals surface area contributed by atoms with E-state index in [4.69, 9.17) is 9.47 Å². The molecule has 1 aliphatic heterocycles. The number of hydrogen-bond acceptors (Lipinski definition) is 6. The van der Waals surface area contributed by atoms with Gasteiger partial charge in [0.05, 0.1) is 18.6 Å². The second-order valence-corrected chi connectivity index (χ2v) is 10.1. The molecule has 0 aliphatic carbocycles. The first-order chi connectivity index (χ1) is 16.9. The molecule has 1 aliphatic rings. The summed E-state index contributed by atoms with van der Waals surface area (Å²) < 4.78 is 38.1. The molecule has 8 nitrogen and oxygen atoms in total. The molecule has 0 atom stereocenters. The number of nitrogens with one attached hydrogen (secondary N) is 1. The Bertz CT molecular complexity index is 1210. The number of anilines is 1. The molecule has 0 saturated carbocycles. The normalized spacial score (nSPS) is 14.9. The topological polar surface area (TPSA) is 88.2 Å². The maximum atomic E-state index is 12.9. The van der Waals surface area contributed by atoms with Gasteiger partial charge in [-0.1, -0.05) is 30.3 Å². The highest BCUT2D eigenvalue weighted by molar-refractivity contribution is 7.89. The summed E-state index contributed by atoms with van der Waals surface area (Å²) in [5, 5.41) is 2.89. The highest BCUT2D eigenvalue weighted by Gasteiger charge is 2.29. The van der Waals surface area contributed by atoms with Gasteiger partial charge in [0.2, 0.25) is 15.9 Å². The standard InChI is InChI=1S/C26H29N3O5S/c1-33-23-11-13-25(14-12-23)35(31,32)29-17-15-28(16-18-29)19-26(30)27-22-7-9-24(10-8-22)34-20-21-5-3-2-4-6-21/h2-14H,15-20H2,1H3,(H,27,30). The van der Waals surface area contributed by atoms with Crippen LogP contribution in [-0.4, -0.2) is 63.4 Å². The van der Waals surface area contributed by atoms with Crippen LogP contribution in [0.1, 0.15) is 5.56 Å². The van der Waals surface area contributed by atoms with Crippen LogP contribution < -0.4 is 14.8 Å². The number of carbonyl (C=O) groups is 1. The third-order valence-corrected chi connectivity index (χ3v) is 7.69. The molecular weight excluding hydrogens is 466 g/mol. The van der Waals surface area contributed by atoms with Crippen LogP contribution >= 0.6 is 0 Å². The maximum Gasteiger partial charge on any atom is 0.243 e. The summed E-state index contributed by atoms with van der Waals surface area (Å²) in [6.07, 6.45) is 0. The van der Waals surface area contributed by atoms with Crippen LogP contribution in [0.2, 0.25) is 0 Å². The number of piperazine rings is 1. The van der Waals surface area contributed by atoms with Gasteiger partial charge in [0, 0.05) is 31.9 Å². The van der Waals surface area contributed by atoms with Crippen molar-refractivity contribution >= 4 is 21.6 Å². The fourth-order valence-corrected chi connectivity index (χ4v) is 5.23. The number of amides is 1. The second-order valence-electron chi connectivity index (χ2n) is 8.20. The zero-order valence-electron chi connectivity index (χ0n) is 19.6. The number of nitrogens with zero attached hydrogens (tertiary/aromatic N) is 2. The summed E-state index contributed by atoms with van der Waals surface area (Å²) in [7, 11) is -2.04. The Hall–Kier alpha value is -3.40. The van der Waals surface area contributed by atoms with Crippen molar-refractivity contribution in [3.8, 4) is 11.5 Å². The molecule has 1 heterocycles. The van der Waals surface area contributed by atoms with E-state index in [1.54, 1.807) is 36.4 Å². The molecule has 184 valence electrons. The minimum atomic E-state index is -3.58. The van der Waals surface area contributed by atoms with Gasteiger partial charge in [-0.3, -0.25) is 9.69 Å². The van der Waals surface area contributed by atoms with Gasteiger partial charge >= 0.3 is 0 Å². The first-order valence-corrected chi connectivity index (χ1v) is 12.8. The van der Waals surface area contributed by atoms with Crippen molar-refractivity contribution in [2.24, 2.45) is 0 Å². The molecule has 1 fully saturated rings. The minimum absolute atomic E-state index is 0.144. The molecule has 1 N–H and O–H groups in total.